The number of hydrogen-bond acceptors (Lipinski definition) is 4. The van der Waals surface area contributed by atoms with Crippen molar-refractivity contribution in [3.8, 4) is 11.5 Å². The Hall–Kier alpha value is -1.75. The van der Waals surface area contributed by atoms with E-state index in [0.29, 0.717) is 37.6 Å². The Morgan fingerprint density at radius 2 is 2.05 bits per heavy atom. The maximum Gasteiger partial charge on any atom is 0.223 e. The van der Waals surface area contributed by atoms with Gasteiger partial charge in [0.2, 0.25) is 5.91 Å². The summed E-state index contributed by atoms with van der Waals surface area (Å²) in [5.74, 6) is 1.80. The van der Waals surface area contributed by atoms with E-state index >= 15 is 0 Å². The number of carbonyl (C=O) groups excluding carboxylic acids is 1. The normalized spacial score (nSPS) is 22.8. The van der Waals surface area contributed by atoms with Gasteiger partial charge < -0.3 is 20.1 Å². The van der Waals surface area contributed by atoms with Gasteiger partial charge in [-0.25, -0.2) is 0 Å². The maximum absolute atomic E-state index is 11.9. The first kappa shape index (κ1) is 14.7. The molecule has 1 heterocycles. The molecule has 1 aromatic rings. The first-order chi connectivity index (χ1) is 9.61. The molecule has 2 unspecified atom stereocenters. The van der Waals surface area contributed by atoms with Crippen molar-refractivity contribution in [3.63, 3.8) is 0 Å². The predicted molar refractivity (Wildman–Crippen MR) is 76.8 cm³/mol. The highest BCUT2D eigenvalue weighted by molar-refractivity contribution is 5.77. The summed E-state index contributed by atoms with van der Waals surface area (Å²) < 4.78 is 10.9. The minimum atomic E-state index is 0.0546. The van der Waals surface area contributed by atoms with Gasteiger partial charge in [0.25, 0.3) is 0 Å². The third-order valence-corrected chi connectivity index (χ3v) is 3.70. The highest BCUT2D eigenvalue weighted by atomic mass is 16.5. The molecule has 2 rings (SSSR count). The van der Waals surface area contributed by atoms with Crippen molar-refractivity contribution in [3.05, 3.63) is 24.3 Å². The highest BCUT2D eigenvalue weighted by Gasteiger charge is 2.28. The Morgan fingerprint density at radius 3 is 2.75 bits per heavy atom. The number of carbonyl (C=O) groups is 1. The van der Waals surface area contributed by atoms with E-state index in [9.17, 15) is 4.79 Å². The van der Waals surface area contributed by atoms with Crippen molar-refractivity contribution >= 4 is 5.91 Å². The number of piperidine rings is 1. The number of hydrogen-bond donors (Lipinski definition) is 1. The third-order valence-electron chi connectivity index (χ3n) is 3.70. The minimum Gasteiger partial charge on any atom is -0.493 e. The van der Waals surface area contributed by atoms with Crippen LogP contribution in [0, 0.1) is 5.92 Å². The number of amides is 1. The fourth-order valence-electron chi connectivity index (χ4n) is 2.31. The Kier molecular flexibility index (Phi) is 4.84. The van der Waals surface area contributed by atoms with E-state index in [1.807, 2.05) is 31.2 Å². The Bertz CT molecular complexity index is 464. The molecule has 0 aliphatic carbocycles. The average Bonchev–Trinajstić information content (AvgIpc) is 2.45. The van der Waals surface area contributed by atoms with Crippen LogP contribution in [0.3, 0.4) is 0 Å². The van der Waals surface area contributed by atoms with Crippen LogP contribution in [-0.2, 0) is 4.79 Å². The van der Waals surface area contributed by atoms with Crippen LogP contribution in [0.25, 0.3) is 0 Å². The van der Waals surface area contributed by atoms with Crippen LogP contribution in [0.15, 0.2) is 24.3 Å². The third kappa shape index (κ3) is 3.42. The molecular formula is C15H22N2O3. The summed E-state index contributed by atoms with van der Waals surface area (Å²) in [6.07, 6.45) is 0.524. The summed E-state index contributed by atoms with van der Waals surface area (Å²) >= 11 is 0. The van der Waals surface area contributed by atoms with Crippen LogP contribution in [-0.4, -0.2) is 43.7 Å². The quantitative estimate of drug-likeness (QED) is 0.881. The van der Waals surface area contributed by atoms with E-state index in [1.54, 1.807) is 12.0 Å². The van der Waals surface area contributed by atoms with Crippen molar-refractivity contribution in [1.29, 1.82) is 0 Å². The second-order valence-electron chi connectivity index (χ2n) is 5.18. The predicted octanol–water partition coefficient (Wildman–Crippen LogP) is 1.27. The molecule has 0 aromatic heterocycles. The van der Waals surface area contributed by atoms with Crippen LogP contribution < -0.4 is 15.2 Å². The van der Waals surface area contributed by atoms with Crippen molar-refractivity contribution in [2.24, 2.45) is 11.7 Å². The standard InChI is InChI=1S/C15H22N2O3/c1-11-9-15(18)17(10-12(11)16)7-8-20-14-6-4-3-5-13(14)19-2/h3-6,11-12H,7-10,16H2,1-2H3. The van der Waals surface area contributed by atoms with E-state index in [4.69, 9.17) is 15.2 Å². The lowest BCUT2D eigenvalue weighted by molar-refractivity contribution is -0.135. The van der Waals surface area contributed by atoms with Crippen LogP contribution in [0.1, 0.15) is 13.3 Å². The van der Waals surface area contributed by atoms with Gasteiger partial charge in [0, 0.05) is 19.0 Å². The van der Waals surface area contributed by atoms with E-state index in [-0.39, 0.29) is 17.9 Å². The summed E-state index contributed by atoms with van der Waals surface area (Å²) in [5, 5.41) is 0. The molecule has 1 amide bonds. The van der Waals surface area contributed by atoms with Crippen LogP contribution in [0.4, 0.5) is 0 Å². The fraction of sp³-hybridized carbons (Fsp3) is 0.533. The molecule has 0 bridgehead atoms. The number of likely N-dealkylation sites (tertiary alicyclic amines) is 1. The topological polar surface area (TPSA) is 64.8 Å². The molecule has 1 fully saturated rings. The smallest absolute Gasteiger partial charge is 0.223 e. The van der Waals surface area contributed by atoms with Crippen LogP contribution in [0.2, 0.25) is 0 Å². The lowest BCUT2D eigenvalue weighted by atomic mass is 9.94. The summed E-state index contributed by atoms with van der Waals surface area (Å²) in [4.78, 5) is 13.7. The zero-order valence-electron chi connectivity index (χ0n) is 12.0. The molecule has 2 N–H and O–H groups in total. The molecule has 0 saturated carbocycles. The van der Waals surface area contributed by atoms with Gasteiger partial charge in [-0.05, 0) is 18.1 Å². The Labute approximate surface area is 119 Å². The minimum absolute atomic E-state index is 0.0546. The number of ether oxygens (including phenoxy) is 2. The number of rotatable bonds is 5. The second kappa shape index (κ2) is 6.61. The van der Waals surface area contributed by atoms with Gasteiger partial charge >= 0.3 is 0 Å². The molecule has 1 aromatic carbocycles. The van der Waals surface area contributed by atoms with Gasteiger partial charge in [-0.2, -0.15) is 0 Å². The molecule has 1 aliphatic rings. The molecule has 0 spiro atoms. The zero-order valence-corrected chi connectivity index (χ0v) is 12.0. The average molecular weight is 278 g/mol. The zero-order chi connectivity index (χ0) is 14.5. The summed E-state index contributed by atoms with van der Waals surface area (Å²) in [5.41, 5.74) is 6.00. The number of methoxy groups -OCH3 is 1. The van der Waals surface area contributed by atoms with Gasteiger partial charge in [-0.3, -0.25) is 4.79 Å². The van der Waals surface area contributed by atoms with Gasteiger partial charge in [0.1, 0.15) is 6.61 Å². The number of nitrogens with zero attached hydrogens (tertiary/aromatic N) is 1. The largest absolute Gasteiger partial charge is 0.493 e. The fourth-order valence-corrected chi connectivity index (χ4v) is 2.31. The first-order valence-electron chi connectivity index (χ1n) is 6.91. The van der Waals surface area contributed by atoms with Crippen molar-refractivity contribution in [1.82, 2.24) is 4.90 Å². The van der Waals surface area contributed by atoms with E-state index in [1.165, 1.54) is 0 Å². The summed E-state index contributed by atoms with van der Waals surface area (Å²) in [6.45, 7) is 3.62. The van der Waals surface area contributed by atoms with E-state index in [0.717, 1.165) is 0 Å². The lowest BCUT2D eigenvalue weighted by Crippen LogP contribution is -2.51. The molecule has 1 saturated heterocycles. The molecular weight excluding hydrogens is 256 g/mol. The molecule has 2 atom stereocenters. The van der Waals surface area contributed by atoms with Crippen LogP contribution >= 0.6 is 0 Å². The van der Waals surface area contributed by atoms with Gasteiger partial charge in [-0.15, -0.1) is 0 Å². The monoisotopic (exact) mass is 278 g/mol. The molecule has 20 heavy (non-hydrogen) atoms. The van der Waals surface area contributed by atoms with Gasteiger partial charge in [0.05, 0.1) is 13.7 Å². The van der Waals surface area contributed by atoms with Crippen molar-refractivity contribution in [2.75, 3.05) is 26.8 Å². The van der Waals surface area contributed by atoms with E-state index in [2.05, 4.69) is 0 Å². The highest BCUT2D eigenvalue weighted by Crippen LogP contribution is 2.25. The molecule has 110 valence electrons. The van der Waals surface area contributed by atoms with Gasteiger partial charge in [-0.1, -0.05) is 19.1 Å². The number of para-hydroxylation sites is 2. The number of benzene rings is 1. The van der Waals surface area contributed by atoms with Crippen LogP contribution in [0.5, 0.6) is 11.5 Å². The first-order valence-corrected chi connectivity index (χ1v) is 6.91. The molecule has 5 heteroatoms. The number of nitrogens with two attached hydrogens (primary N) is 1. The lowest BCUT2D eigenvalue weighted by Gasteiger charge is -2.34. The van der Waals surface area contributed by atoms with E-state index < -0.39 is 0 Å². The van der Waals surface area contributed by atoms with Crippen molar-refractivity contribution in [2.45, 2.75) is 19.4 Å². The van der Waals surface area contributed by atoms with Gasteiger partial charge in [0.15, 0.2) is 11.5 Å². The molecule has 0 radical (unpaired) electrons. The Morgan fingerprint density at radius 1 is 1.35 bits per heavy atom. The SMILES string of the molecule is COc1ccccc1OCCN1CC(N)C(C)CC1=O. The van der Waals surface area contributed by atoms with Crippen molar-refractivity contribution < 1.29 is 14.3 Å². The Balaban J connectivity index is 1.85. The summed E-state index contributed by atoms with van der Waals surface area (Å²) in [6, 6.07) is 7.53. The second-order valence-corrected chi connectivity index (χ2v) is 5.18. The molecule has 5 nitrogen and oxygen atoms in total. The summed E-state index contributed by atoms with van der Waals surface area (Å²) in [7, 11) is 1.61. The molecule has 1 aliphatic heterocycles. The maximum atomic E-state index is 11.9.